The molecule has 3 nitrogen and oxygen atoms in total. The van der Waals surface area contributed by atoms with Gasteiger partial charge in [0.25, 0.3) is 5.91 Å². The van der Waals surface area contributed by atoms with Crippen LogP contribution in [0.1, 0.15) is 23.6 Å². The van der Waals surface area contributed by atoms with Gasteiger partial charge in [0.1, 0.15) is 0 Å². The van der Waals surface area contributed by atoms with Crippen molar-refractivity contribution < 1.29 is 4.79 Å². The van der Waals surface area contributed by atoms with E-state index in [1.54, 1.807) is 4.90 Å². The number of nitrogens with zero attached hydrogens (tertiary/aromatic N) is 2. The van der Waals surface area contributed by atoms with Gasteiger partial charge in [0.05, 0.1) is 16.1 Å². The molecule has 1 fully saturated rings. The molecule has 0 atom stereocenters. The fraction of sp³-hybridized carbons (Fsp3) is 0.111. The standard InChI is InChI=1S/C27H21BrN2OS2/c1-2-19-7-6-10-23-20(17-29(25(19)23)16-18-11-13-21(28)14-12-18)15-24-26(31)30(27(32)33-24)22-8-4-3-5-9-22/h3-15,17H,2,16H2,1H3/b24-15-. The van der Waals surface area contributed by atoms with E-state index >= 15 is 0 Å². The van der Waals surface area contributed by atoms with Crippen LogP contribution in [0.4, 0.5) is 5.69 Å². The second-order valence-corrected chi connectivity index (χ2v) is 10.4. The van der Waals surface area contributed by atoms with Gasteiger partial charge in [-0.15, -0.1) is 0 Å². The first kappa shape index (κ1) is 22.1. The van der Waals surface area contributed by atoms with Gasteiger partial charge < -0.3 is 4.57 Å². The molecule has 0 spiro atoms. The number of hydrogen-bond acceptors (Lipinski definition) is 3. The van der Waals surface area contributed by atoms with E-state index in [1.165, 1.54) is 28.4 Å². The predicted octanol–water partition coefficient (Wildman–Crippen LogP) is 7.42. The number of fused-ring (bicyclic) bond motifs is 1. The summed E-state index contributed by atoms with van der Waals surface area (Å²) in [5.41, 5.74) is 5.57. The van der Waals surface area contributed by atoms with Gasteiger partial charge >= 0.3 is 0 Å². The molecule has 2 heterocycles. The molecule has 1 aromatic heterocycles. The van der Waals surface area contributed by atoms with Crippen LogP contribution in [0.25, 0.3) is 17.0 Å². The molecule has 1 aliphatic heterocycles. The molecule has 0 radical (unpaired) electrons. The van der Waals surface area contributed by atoms with Crippen molar-refractivity contribution in [3.63, 3.8) is 0 Å². The summed E-state index contributed by atoms with van der Waals surface area (Å²) in [6.45, 7) is 2.94. The van der Waals surface area contributed by atoms with Crippen molar-refractivity contribution in [2.24, 2.45) is 0 Å². The molecule has 0 unspecified atom stereocenters. The Labute approximate surface area is 211 Å². The molecule has 4 aromatic rings. The molecule has 164 valence electrons. The summed E-state index contributed by atoms with van der Waals surface area (Å²) in [5, 5.41) is 1.15. The Morgan fingerprint density at radius 3 is 2.48 bits per heavy atom. The third-order valence-electron chi connectivity index (χ3n) is 5.75. The van der Waals surface area contributed by atoms with Gasteiger partial charge in [0.15, 0.2) is 4.32 Å². The number of carbonyl (C=O) groups is 1. The van der Waals surface area contributed by atoms with Crippen molar-refractivity contribution in [3.05, 3.63) is 105 Å². The maximum atomic E-state index is 13.2. The molecule has 0 N–H and O–H groups in total. The highest BCUT2D eigenvalue weighted by molar-refractivity contribution is 9.10. The lowest BCUT2D eigenvalue weighted by molar-refractivity contribution is -0.113. The zero-order valence-electron chi connectivity index (χ0n) is 18.0. The topological polar surface area (TPSA) is 25.2 Å². The molecule has 3 aromatic carbocycles. The van der Waals surface area contributed by atoms with Crippen LogP contribution in [-0.4, -0.2) is 14.8 Å². The minimum atomic E-state index is -0.0725. The summed E-state index contributed by atoms with van der Waals surface area (Å²) in [7, 11) is 0. The number of thioether (sulfide) groups is 1. The van der Waals surface area contributed by atoms with E-state index in [2.05, 4.69) is 76.1 Å². The SMILES string of the molecule is CCc1cccc2c(/C=C3\SC(=S)N(c4ccccc4)C3=O)cn(Cc3ccc(Br)cc3)c12. The van der Waals surface area contributed by atoms with Crippen LogP contribution >= 0.6 is 39.9 Å². The van der Waals surface area contributed by atoms with Gasteiger partial charge in [0, 0.05) is 28.2 Å². The monoisotopic (exact) mass is 532 g/mol. The first-order valence-corrected chi connectivity index (χ1v) is 12.7. The van der Waals surface area contributed by atoms with E-state index in [9.17, 15) is 4.79 Å². The quantitative estimate of drug-likeness (QED) is 0.197. The summed E-state index contributed by atoms with van der Waals surface area (Å²) in [6.07, 6.45) is 5.08. The summed E-state index contributed by atoms with van der Waals surface area (Å²) < 4.78 is 3.92. The first-order valence-electron chi connectivity index (χ1n) is 10.7. The minimum Gasteiger partial charge on any atom is -0.342 e. The van der Waals surface area contributed by atoms with Crippen molar-refractivity contribution in [2.75, 3.05) is 4.90 Å². The number of aryl methyl sites for hydroxylation is 1. The number of benzene rings is 3. The lowest BCUT2D eigenvalue weighted by Gasteiger charge is -2.13. The fourth-order valence-corrected chi connectivity index (χ4v) is 5.74. The number of para-hydroxylation sites is 2. The highest BCUT2D eigenvalue weighted by Gasteiger charge is 2.33. The Kier molecular flexibility index (Phi) is 6.23. The molecular weight excluding hydrogens is 512 g/mol. The average molecular weight is 534 g/mol. The second-order valence-electron chi connectivity index (χ2n) is 7.86. The molecule has 1 saturated heterocycles. The summed E-state index contributed by atoms with van der Waals surface area (Å²) in [6, 6.07) is 24.4. The highest BCUT2D eigenvalue weighted by Crippen LogP contribution is 2.37. The van der Waals surface area contributed by atoms with E-state index in [-0.39, 0.29) is 5.91 Å². The number of amides is 1. The Morgan fingerprint density at radius 1 is 1.00 bits per heavy atom. The van der Waals surface area contributed by atoms with Gasteiger partial charge in [-0.2, -0.15) is 0 Å². The average Bonchev–Trinajstić information content (AvgIpc) is 3.32. The summed E-state index contributed by atoms with van der Waals surface area (Å²) in [4.78, 5) is 15.5. The van der Waals surface area contributed by atoms with Crippen molar-refractivity contribution in [1.29, 1.82) is 0 Å². The number of thiocarbonyl (C=S) groups is 1. The van der Waals surface area contributed by atoms with Crippen molar-refractivity contribution in [1.82, 2.24) is 4.57 Å². The van der Waals surface area contributed by atoms with Crippen LogP contribution in [0.5, 0.6) is 0 Å². The van der Waals surface area contributed by atoms with Gasteiger partial charge in [-0.1, -0.05) is 95.4 Å². The molecule has 6 heteroatoms. The normalized spacial score (nSPS) is 15.2. The van der Waals surface area contributed by atoms with Crippen LogP contribution in [0.3, 0.4) is 0 Å². The number of rotatable bonds is 5. The molecule has 0 bridgehead atoms. The van der Waals surface area contributed by atoms with Crippen molar-refractivity contribution >= 4 is 72.8 Å². The molecule has 0 aliphatic carbocycles. The summed E-state index contributed by atoms with van der Waals surface area (Å²) in [5.74, 6) is -0.0725. The van der Waals surface area contributed by atoms with Crippen LogP contribution in [-0.2, 0) is 17.8 Å². The largest absolute Gasteiger partial charge is 0.342 e. The van der Waals surface area contributed by atoms with E-state index in [1.807, 2.05) is 36.4 Å². The third kappa shape index (κ3) is 4.31. The molecule has 1 amide bonds. The van der Waals surface area contributed by atoms with E-state index in [4.69, 9.17) is 12.2 Å². The van der Waals surface area contributed by atoms with E-state index in [0.717, 1.165) is 34.1 Å². The predicted molar refractivity (Wildman–Crippen MR) is 147 cm³/mol. The molecule has 1 aliphatic rings. The lowest BCUT2D eigenvalue weighted by atomic mass is 10.1. The number of carbonyl (C=O) groups excluding carboxylic acids is 1. The molecule has 0 saturated carbocycles. The Bertz CT molecular complexity index is 1390. The lowest BCUT2D eigenvalue weighted by Crippen LogP contribution is -2.27. The van der Waals surface area contributed by atoms with Crippen LogP contribution < -0.4 is 4.90 Å². The number of anilines is 1. The Morgan fingerprint density at radius 2 is 1.76 bits per heavy atom. The number of hydrogen-bond donors (Lipinski definition) is 0. The smallest absolute Gasteiger partial charge is 0.270 e. The van der Waals surface area contributed by atoms with Crippen LogP contribution in [0.15, 0.2) is 88.4 Å². The Balaban J connectivity index is 1.57. The van der Waals surface area contributed by atoms with Gasteiger partial charge in [0.2, 0.25) is 0 Å². The van der Waals surface area contributed by atoms with E-state index in [0.29, 0.717) is 9.23 Å². The fourth-order valence-electron chi connectivity index (χ4n) is 4.19. The minimum absolute atomic E-state index is 0.0725. The maximum absolute atomic E-state index is 13.2. The Hall–Kier alpha value is -2.67. The molecule has 5 rings (SSSR count). The van der Waals surface area contributed by atoms with Gasteiger partial charge in [-0.25, -0.2) is 0 Å². The van der Waals surface area contributed by atoms with Crippen LogP contribution in [0, 0.1) is 0 Å². The molecule has 33 heavy (non-hydrogen) atoms. The van der Waals surface area contributed by atoms with Crippen LogP contribution in [0.2, 0.25) is 0 Å². The third-order valence-corrected chi connectivity index (χ3v) is 7.59. The number of aromatic nitrogens is 1. The zero-order valence-corrected chi connectivity index (χ0v) is 21.2. The van der Waals surface area contributed by atoms with Gasteiger partial charge in [-0.05, 0) is 47.9 Å². The summed E-state index contributed by atoms with van der Waals surface area (Å²) >= 11 is 10.4. The highest BCUT2D eigenvalue weighted by atomic mass is 79.9. The van der Waals surface area contributed by atoms with Crippen molar-refractivity contribution in [3.8, 4) is 0 Å². The van der Waals surface area contributed by atoms with Gasteiger partial charge in [-0.3, -0.25) is 9.69 Å². The zero-order chi connectivity index (χ0) is 22.9. The van der Waals surface area contributed by atoms with Crippen molar-refractivity contribution in [2.45, 2.75) is 19.9 Å². The number of halogens is 1. The first-order chi connectivity index (χ1) is 16.0. The second kappa shape index (κ2) is 9.29. The maximum Gasteiger partial charge on any atom is 0.270 e. The molecular formula is C27H21BrN2OS2. The van der Waals surface area contributed by atoms with E-state index < -0.39 is 0 Å².